The summed E-state index contributed by atoms with van der Waals surface area (Å²) >= 11 is 0. The van der Waals surface area contributed by atoms with E-state index in [4.69, 9.17) is 0 Å². The molecule has 0 atom stereocenters. The largest absolute Gasteiger partial charge is 0.320 e. The van der Waals surface area contributed by atoms with Gasteiger partial charge in [-0.2, -0.15) is 0 Å². The molecule has 2 aromatic rings. The van der Waals surface area contributed by atoms with Crippen molar-refractivity contribution >= 4 is 20.9 Å². The summed E-state index contributed by atoms with van der Waals surface area (Å²) < 4.78 is 26.9. The maximum Gasteiger partial charge on any atom is 0.243 e. The highest BCUT2D eigenvalue weighted by atomic mass is 32.2. The lowest BCUT2D eigenvalue weighted by Crippen LogP contribution is -2.29. The number of sulfonamides is 1. The van der Waals surface area contributed by atoms with Crippen LogP contribution < -0.4 is 5.32 Å². The summed E-state index contributed by atoms with van der Waals surface area (Å²) in [4.78, 5) is 4.62. The molecule has 0 bridgehead atoms. The lowest BCUT2D eigenvalue weighted by Gasteiger charge is -2.18. The fourth-order valence-electron chi connectivity index (χ4n) is 2.28. The minimum absolute atomic E-state index is 0.322. The van der Waals surface area contributed by atoms with Crippen LogP contribution in [0.15, 0.2) is 35.4 Å². The van der Waals surface area contributed by atoms with Gasteiger partial charge in [-0.15, -0.1) is 0 Å². The van der Waals surface area contributed by atoms with Gasteiger partial charge in [-0.3, -0.25) is 4.98 Å². The van der Waals surface area contributed by atoms with Crippen LogP contribution >= 0.6 is 0 Å². The third-order valence-corrected chi connectivity index (χ3v) is 5.43. The molecule has 21 heavy (non-hydrogen) atoms. The van der Waals surface area contributed by atoms with E-state index in [0.717, 1.165) is 24.0 Å². The van der Waals surface area contributed by atoms with Crippen molar-refractivity contribution in [2.45, 2.75) is 18.2 Å². The van der Waals surface area contributed by atoms with Crippen LogP contribution in [0.4, 0.5) is 0 Å². The van der Waals surface area contributed by atoms with Gasteiger partial charge in [0, 0.05) is 25.2 Å². The number of hydrogen-bond acceptors (Lipinski definition) is 4. The molecule has 114 valence electrons. The minimum Gasteiger partial charge on any atom is -0.320 e. The molecule has 0 fully saturated rings. The second kappa shape index (κ2) is 6.51. The van der Waals surface area contributed by atoms with Crippen molar-refractivity contribution in [1.29, 1.82) is 0 Å². The lowest BCUT2D eigenvalue weighted by atomic mass is 10.1. The monoisotopic (exact) mass is 307 g/mol. The second-order valence-corrected chi connectivity index (χ2v) is 7.08. The molecule has 2 rings (SSSR count). The van der Waals surface area contributed by atoms with Crippen molar-refractivity contribution in [1.82, 2.24) is 14.6 Å². The van der Waals surface area contributed by atoms with Gasteiger partial charge in [0.2, 0.25) is 10.0 Å². The number of nitrogens with one attached hydrogen (secondary N) is 1. The first-order chi connectivity index (χ1) is 9.98. The zero-order valence-electron chi connectivity index (χ0n) is 12.6. The van der Waals surface area contributed by atoms with Crippen molar-refractivity contribution in [2.24, 2.45) is 0 Å². The van der Waals surface area contributed by atoms with Gasteiger partial charge in [-0.05, 0) is 50.7 Å². The number of pyridine rings is 1. The van der Waals surface area contributed by atoms with Gasteiger partial charge in [-0.25, -0.2) is 12.7 Å². The number of nitrogens with zero attached hydrogens (tertiary/aromatic N) is 2. The summed E-state index contributed by atoms with van der Waals surface area (Å²) in [5, 5.41) is 3.70. The Hall–Kier alpha value is -1.50. The van der Waals surface area contributed by atoms with E-state index in [1.807, 2.05) is 26.1 Å². The molecule has 1 heterocycles. The average Bonchev–Trinajstić information content (AvgIpc) is 2.47. The maximum atomic E-state index is 12.7. The van der Waals surface area contributed by atoms with E-state index in [1.54, 1.807) is 25.4 Å². The van der Waals surface area contributed by atoms with Crippen molar-refractivity contribution in [3.63, 3.8) is 0 Å². The van der Waals surface area contributed by atoms with Crippen LogP contribution in [-0.2, 0) is 10.0 Å². The maximum absolute atomic E-state index is 12.7. The third-order valence-electron chi connectivity index (χ3n) is 3.52. The van der Waals surface area contributed by atoms with Gasteiger partial charge in [0.1, 0.15) is 0 Å². The smallest absolute Gasteiger partial charge is 0.243 e. The Morgan fingerprint density at radius 3 is 2.76 bits per heavy atom. The highest BCUT2D eigenvalue weighted by Crippen LogP contribution is 2.26. The summed E-state index contributed by atoms with van der Waals surface area (Å²) in [6, 6.07) is 7.05. The molecule has 5 nitrogen and oxygen atoms in total. The minimum atomic E-state index is -3.50. The first kappa shape index (κ1) is 15.9. The Kier molecular flexibility index (Phi) is 4.92. The van der Waals surface area contributed by atoms with Crippen molar-refractivity contribution in [2.75, 3.05) is 27.2 Å². The van der Waals surface area contributed by atoms with Gasteiger partial charge in [-0.1, -0.05) is 6.07 Å². The Balaban J connectivity index is 2.43. The molecule has 0 radical (unpaired) electrons. The van der Waals surface area contributed by atoms with Gasteiger partial charge in [0.15, 0.2) is 0 Å². The molecular formula is C15H21N3O2S. The van der Waals surface area contributed by atoms with E-state index < -0.39 is 10.0 Å². The average molecular weight is 307 g/mol. The molecule has 0 aliphatic rings. The topological polar surface area (TPSA) is 62.3 Å². The number of hydrogen-bond donors (Lipinski definition) is 1. The van der Waals surface area contributed by atoms with E-state index >= 15 is 0 Å². The number of fused-ring (bicyclic) bond motifs is 1. The molecular weight excluding hydrogens is 286 g/mol. The predicted molar refractivity (Wildman–Crippen MR) is 84.8 cm³/mol. The Morgan fingerprint density at radius 1 is 1.29 bits per heavy atom. The van der Waals surface area contributed by atoms with E-state index in [2.05, 4.69) is 10.3 Å². The second-order valence-electron chi connectivity index (χ2n) is 5.06. The molecule has 0 spiro atoms. The lowest BCUT2D eigenvalue weighted by molar-refractivity contribution is 0.458. The molecule has 1 aromatic carbocycles. The van der Waals surface area contributed by atoms with Gasteiger partial charge < -0.3 is 5.32 Å². The fourth-order valence-corrected chi connectivity index (χ4v) is 3.67. The number of aromatic nitrogens is 1. The number of benzene rings is 1. The van der Waals surface area contributed by atoms with Gasteiger partial charge in [0.05, 0.1) is 10.4 Å². The Morgan fingerprint density at radius 2 is 2.05 bits per heavy atom. The third kappa shape index (κ3) is 3.23. The van der Waals surface area contributed by atoms with Gasteiger partial charge in [0.25, 0.3) is 0 Å². The molecule has 0 aliphatic heterocycles. The van der Waals surface area contributed by atoms with E-state index in [0.29, 0.717) is 16.8 Å². The molecule has 0 saturated carbocycles. The van der Waals surface area contributed by atoms with Crippen LogP contribution in [0.1, 0.15) is 12.0 Å². The molecule has 1 N–H and O–H groups in total. The summed E-state index contributed by atoms with van der Waals surface area (Å²) in [5.74, 6) is 0. The Labute approximate surface area is 126 Å². The van der Waals surface area contributed by atoms with Crippen LogP contribution in [0.25, 0.3) is 10.9 Å². The Bertz CT molecular complexity index is 729. The summed E-state index contributed by atoms with van der Waals surface area (Å²) in [6.45, 7) is 3.21. The highest BCUT2D eigenvalue weighted by Gasteiger charge is 2.23. The van der Waals surface area contributed by atoms with Crippen LogP contribution in [0.5, 0.6) is 0 Å². The number of rotatable bonds is 6. The molecule has 0 aliphatic carbocycles. The summed E-state index contributed by atoms with van der Waals surface area (Å²) in [7, 11) is -0.0243. The number of aryl methyl sites for hydroxylation is 1. The normalized spacial score (nSPS) is 12.2. The van der Waals surface area contributed by atoms with Crippen LogP contribution in [0.3, 0.4) is 0 Å². The summed E-state index contributed by atoms with van der Waals surface area (Å²) in [6.07, 6.45) is 2.45. The SMILES string of the molecule is CNCCCN(C)S(=O)(=O)c1ccc(C)c2ncccc12. The fraction of sp³-hybridized carbons (Fsp3) is 0.400. The molecule has 6 heteroatoms. The first-order valence-corrected chi connectivity index (χ1v) is 8.37. The van der Waals surface area contributed by atoms with Gasteiger partial charge >= 0.3 is 0 Å². The van der Waals surface area contributed by atoms with Crippen LogP contribution in [-0.4, -0.2) is 44.9 Å². The van der Waals surface area contributed by atoms with Crippen molar-refractivity contribution in [3.05, 3.63) is 36.0 Å². The van der Waals surface area contributed by atoms with Crippen LogP contribution in [0.2, 0.25) is 0 Å². The van der Waals surface area contributed by atoms with E-state index in [9.17, 15) is 8.42 Å². The predicted octanol–water partition coefficient (Wildman–Crippen LogP) is 1.77. The molecule has 0 amide bonds. The summed E-state index contributed by atoms with van der Waals surface area (Å²) in [5.41, 5.74) is 1.71. The zero-order valence-corrected chi connectivity index (χ0v) is 13.4. The van der Waals surface area contributed by atoms with Crippen molar-refractivity contribution < 1.29 is 8.42 Å². The van der Waals surface area contributed by atoms with Crippen LogP contribution in [0, 0.1) is 6.92 Å². The first-order valence-electron chi connectivity index (χ1n) is 6.93. The van der Waals surface area contributed by atoms with E-state index in [1.165, 1.54) is 4.31 Å². The van der Waals surface area contributed by atoms with Crippen molar-refractivity contribution in [3.8, 4) is 0 Å². The molecule has 0 saturated heterocycles. The van der Waals surface area contributed by atoms with E-state index in [-0.39, 0.29) is 0 Å². The molecule has 1 aromatic heterocycles. The zero-order chi connectivity index (χ0) is 15.5. The standard InChI is InChI=1S/C15H21N3O2S/c1-12-7-8-14(13-6-4-10-17-15(12)13)21(19,20)18(3)11-5-9-16-2/h4,6-8,10,16H,5,9,11H2,1-3H3. The molecule has 0 unspecified atom stereocenters. The quantitative estimate of drug-likeness (QED) is 0.826. The highest BCUT2D eigenvalue weighted by molar-refractivity contribution is 7.89.